The first-order valence-corrected chi connectivity index (χ1v) is 10.1. The van der Waals surface area contributed by atoms with Crippen LogP contribution in [0.25, 0.3) is 0 Å². The van der Waals surface area contributed by atoms with Crippen molar-refractivity contribution in [2.24, 2.45) is 7.05 Å². The highest BCUT2D eigenvalue weighted by molar-refractivity contribution is 7.99. The second-order valence-corrected chi connectivity index (χ2v) is 7.51. The molecule has 0 aliphatic rings. The first kappa shape index (κ1) is 21.3. The molecule has 3 rings (SSSR count). The van der Waals surface area contributed by atoms with Gasteiger partial charge in [-0.05, 0) is 31.5 Å². The number of anilines is 1. The number of ether oxygens (including phenoxy) is 1. The predicted molar refractivity (Wildman–Crippen MR) is 114 cm³/mol. The van der Waals surface area contributed by atoms with Gasteiger partial charge >= 0.3 is 0 Å². The van der Waals surface area contributed by atoms with Gasteiger partial charge in [0.05, 0.1) is 16.4 Å². The zero-order chi connectivity index (χ0) is 21.7. The molecule has 9 nitrogen and oxygen atoms in total. The maximum atomic E-state index is 12.3. The van der Waals surface area contributed by atoms with E-state index in [1.165, 1.54) is 23.9 Å². The van der Waals surface area contributed by atoms with Crippen molar-refractivity contribution in [2.75, 3.05) is 11.1 Å². The highest BCUT2D eigenvalue weighted by atomic mass is 32.2. The number of non-ortho nitro benzene ring substituents is 1. The zero-order valence-electron chi connectivity index (χ0n) is 16.7. The van der Waals surface area contributed by atoms with E-state index in [2.05, 4.69) is 15.5 Å². The summed E-state index contributed by atoms with van der Waals surface area (Å²) in [6, 6.07) is 13.8. The number of nitro groups is 1. The summed E-state index contributed by atoms with van der Waals surface area (Å²) < 4.78 is 7.66. The van der Waals surface area contributed by atoms with Crippen molar-refractivity contribution in [1.29, 1.82) is 0 Å². The number of aryl methyl sites for hydroxylation is 1. The van der Waals surface area contributed by atoms with Crippen molar-refractivity contribution in [3.05, 3.63) is 70.0 Å². The SMILES string of the molecule is Cc1ccc([N+](=O)[O-])cc1NC(=O)CSc1nnc(C(C)Oc2ccccc2)n1C. The van der Waals surface area contributed by atoms with Crippen LogP contribution >= 0.6 is 11.8 Å². The van der Waals surface area contributed by atoms with E-state index in [0.29, 0.717) is 16.7 Å². The van der Waals surface area contributed by atoms with Crippen LogP contribution in [-0.2, 0) is 11.8 Å². The van der Waals surface area contributed by atoms with Crippen LogP contribution in [0.4, 0.5) is 11.4 Å². The van der Waals surface area contributed by atoms with Gasteiger partial charge < -0.3 is 14.6 Å². The standard InChI is InChI=1S/C20H21N5O4S/c1-13-9-10-15(25(27)28)11-17(13)21-18(26)12-30-20-23-22-19(24(20)3)14(2)29-16-7-5-4-6-8-16/h4-11,14H,12H2,1-3H3,(H,21,26). The minimum absolute atomic E-state index is 0.0751. The summed E-state index contributed by atoms with van der Waals surface area (Å²) in [5.74, 6) is 1.16. The van der Waals surface area contributed by atoms with Gasteiger partial charge in [-0.1, -0.05) is 36.0 Å². The van der Waals surface area contributed by atoms with E-state index in [1.807, 2.05) is 44.3 Å². The number of rotatable bonds is 8. The van der Waals surface area contributed by atoms with Gasteiger partial charge in [-0.15, -0.1) is 10.2 Å². The number of benzene rings is 2. The number of nitrogens with zero attached hydrogens (tertiary/aromatic N) is 4. The molecule has 0 spiro atoms. The number of thioether (sulfide) groups is 1. The molecule has 1 N–H and O–H groups in total. The van der Waals surface area contributed by atoms with Gasteiger partial charge in [-0.3, -0.25) is 14.9 Å². The Balaban J connectivity index is 1.61. The molecule has 0 bridgehead atoms. The van der Waals surface area contributed by atoms with Gasteiger partial charge in [0.15, 0.2) is 17.1 Å². The fourth-order valence-electron chi connectivity index (χ4n) is 2.74. The molecule has 30 heavy (non-hydrogen) atoms. The molecule has 1 heterocycles. The number of para-hydroxylation sites is 1. The highest BCUT2D eigenvalue weighted by Gasteiger charge is 2.18. The van der Waals surface area contributed by atoms with Crippen LogP contribution in [0.3, 0.4) is 0 Å². The summed E-state index contributed by atoms with van der Waals surface area (Å²) in [5, 5.41) is 22.5. The second kappa shape index (κ2) is 9.40. The molecule has 0 saturated carbocycles. The Kier molecular flexibility index (Phi) is 6.68. The third-order valence-electron chi connectivity index (χ3n) is 4.33. The van der Waals surface area contributed by atoms with Gasteiger partial charge in [-0.25, -0.2) is 0 Å². The monoisotopic (exact) mass is 427 g/mol. The summed E-state index contributed by atoms with van der Waals surface area (Å²) in [4.78, 5) is 22.8. The van der Waals surface area contributed by atoms with E-state index in [4.69, 9.17) is 4.74 Å². The van der Waals surface area contributed by atoms with Crippen molar-refractivity contribution in [1.82, 2.24) is 14.8 Å². The van der Waals surface area contributed by atoms with Crippen LogP contribution in [0, 0.1) is 17.0 Å². The largest absolute Gasteiger partial charge is 0.483 e. The average Bonchev–Trinajstić information content (AvgIpc) is 3.09. The maximum Gasteiger partial charge on any atom is 0.271 e. The Hall–Kier alpha value is -3.40. The summed E-state index contributed by atoms with van der Waals surface area (Å²) >= 11 is 1.22. The van der Waals surface area contributed by atoms with Crippen molar-refractivity contribution >= 4 is 29.0 Å². The molecule has 1 aromatic heterocycles. The number of hydrogen-bond acceptors (Lipinski definition) is 7. The van der Waals surface area contributed by atoms with Crippen molar-refractivity contribution in [2.45, 2.75) is 25.1 Å². The van der Waals surface area contributed by atoms with Gasteiger partial charge in [0.2, 0.25) is 5.91 Å². The quantitative estimate of drug-likeness (QED) is 0.329. The Bertz CT molecular complexity index is 1050. The summed E-state index contributed by atoms with van der Waals surface area (Å²) in [5.41, 5.74) is 1.08. The van der Waals surface area contributed by atoms with Gasteiger partial charge in [0, 0.05) is 19.2 Å². The zero-order valence-corrected chi connectivity index (χ0v) is 17.5. The van der Waals surface area contributed by atoms with Crippen molar-refractivity contribution < 1.29 is 14.5 Å². The lowest BCUT2D eigenvalue weighted by atomic mass is 10.2. The van der Waals surface area contributed by atoms with Crippen LogP contribution in [0.2, 0.25) is 0 Å². The van der Waals surface area contributed by atoms with Crippen molar-refractivity contribution in [3.8, 4) is 5.75 Å². The van der Waals surface area contributed by atoms with E-state index >= 15 is 0 Å². The number of nitro benzene ring substituents is 1. The Morgan fingerprint density at radius 1 is 1.27 bits per heavy atom. The van der Waals surface area contributed by atoms with Crippen LogP contribution in [0.15, 0.2) is 53.7 Å². The molecule has 1 amide bonds. The summed E-state index contributed by atoms with van der Waals surface area (Å²) in [7, 11) is 1.81. The summed E-state index contributed by atoms with van der Waals surface area (Å²) in [6.07, 6.45) is -0.319. The van der Waals surface area contributed by atoms with Gasteiger partial charge in [-0.2, -0.15) is 0 Å². The fourth-order valence-corrected chi connectivity index (χ4v) is 3.45. The molecular formula is C20H21N5O4S. The number of nitrogens with one attached hydrogen (secondary N) is 1. The van der Waals surface area contributed by atoms with E-state index in [1.54, 1.807) is 17.6 Å². The number of aromatic nitrogens is 3. The normalized spacial score (nSPS) is 11.7. The molecule has 0 radical (unpaired) electrons. The number of carbonyl (C=O) groups is 1. The van der Waals surface area contributed by atoms with Gasteiger partial charge in [0.25, 0.3) is 5.69 Å². The Labute approximate surface area is 177 Å². The molecule has 2 aromatic carbocycles. The average molecular weight is 427 g/mol. The van der Waals surface area contributed by atoms with E-state index in [9.17, 15) is 14.9 Å². The fraction of sp³-hybridized carbons (Fsp3) is 0.250. The van der Waals surface area contributed by atoms with Crippen molar-refractivity contribution in [3.63, 3.8) is 0 Å². The molecule has 1 unspecified atom stereocenters. The van der Waals surface area contributed by atoms with Crippen LogP contribution in [0.5, 0.6) is 5.75 Å². The predicted octanol–water partition coefficient (Wildman–Crippen LogP) is 3.90. The smallest absolute Gasteiger partial charge is 0.271 e. The first-order valence-electron chi connectivity index (χ1n) is 9.14. The van der Waals surface area contributed by atoms with Crippen LogP contribution in [-0.4, -0.2) is 31.3 Å². The molecule has 1 atom stereocenters. The molecule has 156 valence electrons. The third kappa shape index (κ3) is 5.15. The summed E-state index contributed by atoms with van der Waals surface area (Å²) in [6.45, 7) is 3.65. The Morgan fingerprint density at radius 3 is 2.70 bits per heavy atom. The van der Waals surface area contributed by atoms with Gasteiger partial charge in [0.1, 0.15) is 5.75 Å². The van der Waals surface area contributed by atoms with E-state index in [0.717, 1.165) is 11.3 Å². The number of hydrogen-bond donors (Lipinski definition) is 1. The highest BCUT2D eigenvalue weighted by Crippen LogP contribution is 2.25. The van der Waals surface area contributed by atoms with E-state index < -0.39 is 4.92 Å². The van der Waals surface area contributed by atoms with Crippen LogP contribution < -0.4 is 10.1 Å². The second-order valence-electron chi connectivity index (χ2n) is 6.57. The lowest BCUT2D eigenvalue weighted by Crippen LogP contribution is -2.15. The topological polar surface area (TPSA) is 112 Å². The molecule has 0 aliphatic carbocycles. The molecule has 3 aromatic rings. The third-order valence-corrected chi connectivity index (χ3v) is 5.35. The molecule has 0 fully saturated rings. The molecule has 0 aliphatic heterocycles. The Morgan fingerprint density at radius 2 is 2.00 bits per heavy atom. The lowest BCUT2D eigenvalue weighted by molar-refractivity contribution is -0.384. The molecule has 0 saturated heterocycles. The minimum Gasteiger partial charge on any atom is -0.483 e. The molecule has 10 heteroatoms. The number of amides is 1. The lowest BCUT2D eigenvalue weighted by Gasteiger charge is -2.14. The maximum absolute atomic E-state index is 12.3. The van der Waals surface area contributed by atoms with Crippen LogP contribution in [0.1, 0.15) is 24.4 Å². The molecular weight excluding hydrogens is 406 g/mol. The first-order chi connectivity index (χ1) is 14.3. The number of carbonyl (C=O) groups excluding carboxylic acids is 1. The minimum atomic E-state index is -0.496. The van der Waals surface area contributed by atoms with E-state index in [-0.39, 0.29) is 23.5 Å².